The molecule has 0 saturated heterocycles. The van der Waals surface area contributed by atoms with Gasteiger partial charge < -0.3 is 19.3 Å². The molecule has 0 amide bonds. The Balaban J connectivity index is 1.70. The number of carbonyl (C=O) groups is 1. The second-order valence-corrected chi connectivity index (χ2v) is 7.24. The van der Waals surface area contributed by atoms with E-state index in [0.717, 1.165) is 28.2 Å². The Morgan fingerprint density at radius 1 is 1.11 bits per heavy atom. The van der Waals surface area contributed by atoms with E-state index in [-0.39, 0.29) is 17.9 Å². The predicted octanol–water partition coefficient (Wildman–Crippen LogP) is 4.39. The van der Waals surface area contributed by atoms with Gasteiger partial charge in [0.15, 0.2) is 0 Å². The smallest absolute Gasteiger partial charge is 0.306 e. The van der Waals surface area contributed by atoms with Crippen LogP contribution >= 0.6 is 0 Å². The number of carboxylic acid groups (broad SMARTS) is 1. The number of aliphatic carboxylic acids is 1. The van der Waals surface area contributed by atoms with Crippen molar-refractivity contribution in [1.29, 1.82) is 0 Å². The highest BCUT2D eigenvalue weighted by molar-refractivity contribution is 5.73. The molecule has 0 bridgehead atoms. The van der Waals surface area contributed by atoms with Gasteiger partial charge in [-0.2, -0.15) is 0 Å². The van der Waals surface area contributed by atoms with Gasteiger partial charge in [0.1, 0.15) is 11.5 Å². The molecule has 27 heavy (non-hydrogen) atoms. The van der Waals surface area contributed by atoms with Crippen LogP contribution in [0.1, 0.15) is 25.8 Å². The molecule has 0 aromatic heterocycles. The fourth-order valence-corrected chi connectivity index (χ4v) is 3.10. The molecule has 5 heteroatoms. The van der Waals surface area contributed by atoms with Crippen LogP contribution in [-0.4, -0.2) is 30.9 Å². The number of hydrogen-bond donors (Lipinski definition) is 1. The van der Waals surface area contributed by atoms with Gasteiger partial charge in [-0.1, -0.05) is 12.1 Å². The molecule has 144 valence electrons. The zero-order chi connectivity index (χ0) is 19.4. The number of ether oxygens (including phenoxy) is 3. The van der Waals surface area contributed by atoms with Gasteiger partial charge in [-0.15, -0.1) is 0 Å². The number of hydrogen-bond acceptors (Lipinski definition) is 4. The quantitative estimate of drug-likeness (QED) is 0.709. The Labute approximate surface area is 159 Å². The fraction of sp³-hybridized carbons (Fsp3) is 0.409. The maximum absolute atomic E-state index is 10.9. The third-order valence-corrected chi connectivity index (χ3v) is 4.54. The van der Waals surface area contributed by atoms with Crippen molar-refractivity contribution in [3.8, 4) is 22.6 Å². The number of methoxy groups -OCH3 is 1. The van der Waals surface area contributed by atoms with Crippen LogP contribution in [0.2, 0.25) is 0 Å². The molecule has 2 aromatic carbocycles. The first-order valence-electron chi connectivity index (χ1n) is 9.22. The number of benzene rings is 2. The van der Waals surface area contributed by atoms with E-state index in [2.05, 4.69) is 6.07 Å². The lowest BCUT2D eigenvalue weighted by Crippen LogP contribution is -2.06. The van der Waals surface area contributed by atoms with Crippen molar-refractivity contribution in [2.75, 3.05) is 13.7 Å². The minimum Gasteiger partial charge on any atom is -0.493 e. The molecule has 5 nitrogen and oxygen atoms in total. The summed E-state index contributed by atoms with van der Waals surface area (Å²) in [4.78, 5) is 10.9. The molecule has 3 rings (SSSR count). The summed E-state index contributed by atoms with van der Waals surface area (Å²) in [6, 6.07) is 14.0. The Morgan fingerprint density at radius 3 is 2.44 bits per heavy atom. The van der Waals surface area contributed by atoms with Crippen molar-refractivity contribution in [2.45, 2.75) is 33.0 Å². The van der Waals surface area contributed by atoms with E-state index in [1.165, 1.54) is 0 Å². The lowest BCUT2D eigenvalue weighted by Gasteiger charge is -2.14. The van der Waals surface area contributed by atoms with Crippen molar-refractivity contribution < 1.29 is 24.1 Å². The Bertz CT molecular complexity index is 782. The Morgan fingerprint density at radius 2 is 1.85 bits per heavy atom. The number of rotatable bonds is 9. The zero-order valence-corrected chi connectivity index (χ0v) is 16.0. The highest BCUT2D eigenvalue weighted by atomic mass is 16.5. The van der Waals surface area contributed by atoms with Gasteiger partial charge in [-0.25, -0.2) is 0 Å². The van der Waals surface area contributed by atoms with E-state index < -0.39 is 5.97 Å². The third-order valence-electron chi connectivity index (χ3n) is 4.54. The molecule has 0 unspecified atom stereocenters. The van der Waals surface area contributed by atoms with Gasteiger partial charge >= 0.3 is 5.97 Å². The first-order valence-corrected chi connectivity index (χ1v) is 9.22. The summed E-state index contributed by atoms with van der Waals surface area (Å²) < 4.78 is 16.9. The van der Waals surface area contributed by atoms with E-state index in [1.807, 2.05) is 50.2 Å². The second-order valence-electron chi connectivity index (χ2n) is 7.24. The molecule has 0 radical (unpaired) electrons. The van der Waals surface area contributed by atoms with Gasteiger partial charge in [0.05, 0.1) is 25.2 Å². The van der Waals surface area contributed by atoms with Crippen LogP contribution < -0.4 is 9.47 Å². The zero-order valence-electron chi connectivity index (χ0n) is 16.0. The van der Waals surface area contributed by atoms with Gasteiger partial charge in [0, 0.05) is 13.0 Å². The van der Waals surface area contributed by atoms with E-state index in [4.69, 9.17) is 19.3 Å². The molecular formula is C22H26O5. The van der Waals surface area contributed by atoms with Gasteiger partial charge in [-0.3, -0.25) is 4.79 Å². The van der Waals surface area contributed by atoms with Gasteiger partial charge in [0.2, 0.25) is 0 Å². The molecular weight excluding hydrogens is 344 g/mol. The van der Waals surface area contributed by atoms with Crippen molar-refractivity contribution in [2.24, 2.45) is 11.8 Å². The molecule has 0 heterocycles. The van der Waals surface area contributed by atoms with Crippen molar-refractivity contribution in [3.63, 3.8) is 0 Å². The van der Waals surface area contributed by atoms with E-state index in [0.29, 0.717) is 19.6 Å². The lowest BCUT2D eigenvalue weighted by atomic mass is 10.0. The highest BCUT2D eigenvalue weighted by Crippen LogP contribution is 2.39. The van der Waals surface area contributed by atoms with Crippen LogP contribution in [0.3, 0.4) is 0 Å². The summed E-state index contributed by atoms with van der Waals surface area (Å²) >= 11 is 0. The Hall–Kier alpha value is -2.53. The van der Waals surface area contributed by atoms with E-state index in [9.17, 15) is 4.79 Å². The van der Waals surface area contributed by atoms with Crippen LogP contribution in [0.25, 0.3) is 11.1 Å². The summed E-state index contributed by atoms with van der Waals surface area (Å²) in [6.45, 7) is 4.98. The molecule has 2 atom stereocenters. The van der Waals surface area contributed by atoms with Crippen LogP contribution in [0.15, 0.2) is 42.5 Å². The van der Waals surface area contributed by atoms with Gasteiger partial charge in [0.25, 0.3) is 0 Å². The van der Waals surface area contributed by atoms with E-state index in [1.54, 1.807) is 7.11 Å². The second kappa shape index (κ2) is 8.44. The topological polar surface area (TPSA) is 65.0 Å². The first kappa shape index (κ1) is 19.2. The monoisotopic (exact) mass is 370 g/mol. The SMILES string of the molecule is COCc1cc(OC(C)C)cc(-c2ccc(OC[C@@H]3C[C@H]3C(=O)O)cc2)c1. The Kier molecular flexibility index (Phi) is 6.01. The third kappa shape index (κ3) is 5.23. The van der Waals surface area contributed by atoms with Crippen LogP contribution in [0, 0.1) is 11.8 Å². The predicted molar refractivity (Wildman–Crippen MR) is 103 cm³/mol. The largest absolute Gasteiger partial charge is 0.493 e. The summed E-state index contributed by atoms with van der Waals surface area (Å²) in [5.74, 6) is 0.731. The fourth-order valence-electron chi connectivity index (χ4n) is 3.10. The molecule has 0 spiro atoms. The standard InChI is InChI=1S/C22H26O5/c1-14(2)27-20-9-15(12-25-3)8-17(10-20)16-4-6-19(7-5-16)26-13-18-11-21(18)22(23)24/h4-10,14,18,21H,11-13H2,1-3H3,(H,23,24)/t18-,21+/m0/s1. The van der Waals surface area contributed by atoms with Crippen molar-refractivity contribution >= 4 is 5.97 Å². The highest BCUT2D eigenvalue weighted by Gasteiger charge is 2.43. The molecule has 1 saturated carbocycles. The minimum atomic E-state index is -0.727. The summed E-state index contributed by atoms with van der Waals surface area (Å²) in [5, 5.41) is 8.95. The maximum Gasteiger partial charge on any atom is 0.306 e. The molecule has 1 aliphatic carbocycles. The molecule has 1 N–H and O–H groups in total. The lowest BCUT2D eigenvalue weighted by molar-refractivity contribution is -0.138. The average Bonchev–Trinajstić information content (AvgIpc) is 3.40. The molecule has 0 aliphatic heterocycles. The summed E-state index contributed by atoms with van der Waals surface area (Å²) in [7, 11) is 1.68. The van der Waals surface area contributed by atoms with Crippen LogP contribution in [0.4, 0.5) is 0 Å². The van der Waals surface area contributed by atoms with Crippen molar-refractivity contribution in [1.82, 2.24) is 0 Å². The van der Waals surface area contributed by atoms with Crippen molar-refractivity contribution in [3.05, 3.63) is 48.0 Å². The normalized spacial score (nSPS) is 18.4. The summed E-state index contributed by atoms with van der Waals surface area (Å²) in [6.07, 6.45) is 0.807. The van der Waals surface area contributed by atoms with Crippen LogP contribution in [-0.2, 0) is 16.1 Å². The van der Waals surface area contributed by atoms with Gasteiger partial charge in [-0.05, 0) is 67.3 Å². The summed E-state index contributed by atoms with van der Waals surface area (Å²) in [5.41, 5.74) is 3.17. The van der Waals surface area contributed by atoms with Crippen LogP contribution in [0.5, 0.6) is 11.5 Å². The number of carboxylic acids is 1. The first-order chi connectivity index (χ1) is 13.0. The molecule has 2 aromatic rings. The maximum atomic E-state index is 10.9. The minimum absolute atomic E-state index is 0.100. The molecule has 1 fully saturated rings. The molecule has 1 aliphatic rings. The van der Waals surface area contributed by atoms with E-state index >= 15 is 0 Å². The average molecular weight is 370 g/mol.